The highest BCUT2D eigenvalue weighted by atomic mass is 16.5. The summed E-state index contributed by atoms with van der Waals surface area (Å²) in [6, 6.07) is 22.5. The summed E-state index contributed by atoms with van der Waals surface area (Å²) in [6.07, 6.45) is 3.16. The van der Waals surface area contributed by atoms with Crippen molar-refractivity contribution in [3.63, 3.8) is 0 Å². The first-order valence-corrected chi connectivity index (χ1v) is 10.3. The minimum Gasteiger partial charge on any atom is -0.497 e. The van der Waals surface area contributed by atoms with E-state index < -0.39 is 5.97 Å². The van der Waals surface area contributed by atoms with E-state index in [1.54, 1.807) is 7.11 Å². The molecule has 0 saturated heterocycles. The molecule has 4 heteroatoms. The Bertz CT molecular complexity index is 1020. The molecule has 1 atom stereocenters. The quantitative estimate of drug-likeness (QED) is 0.540. The van der Waals surface area contributed by atoms with Gasteiger partial charge in [-0.1, -0.05) is 42.5 Å². The van der Waals surface area contributed by atoms with Crippen LogP contribution in [0, 0.1) is 0 Å². The molecule has 0 spiro atoms. The molecule has 0 radical (unpaired) electrons. The highest BCUT2D eigenvalue weighted by Gasteiger charge is 2.22. The maximum atomic E-state index is 11.1. The van der Waals surface area contributed by atoms with Gasteiger partial charge < -0.3 is 14.6 Å². The Morgan fingerprint density at radius 3 is 2.60 bits per heavy atom. The van der Waals surface area contributed by atoms with Crippen molar-refractivity contribution in [2.45, 2.75) is 38.2 Å². The van der Waals surface area contributed by atoms with Gasteiger partial charge in [0.05, 0.1) is 13.5 Å². The Morgan fingerprint density at radius 2 is 1.83 bits per heavy atom. The largest absolute Gasteiger partial charge is 0.497 e. The molecule has 0 fully saturated rings. The number of fused-ring (bicyclic) bond motifs is 1. The lowest BCUT2D eigenvalue weighted by molar-refractivity contribution is -0.137. The van der Waals surface area contributed by atoms with Crippen LogP contribution in [-0.2, 0) is 17.8 Å². The van der Waals surface area contributed by atoms with Crippen molar-refractivity contribution in [2.75, 3.05) is 7.11 Å². The average Bonchev–Trinajstić information content (AvgIpc) is 2.78. The number of carbonyl (C=O) groups is 1. The van der Waals surface area contributed by atoms with Crippen LogP contribution in [0.3, 0.4) is 0 Å². The molecule has 1 aliphatic carbocycles. The van der Waals surface area contributed by atoms with E-state index >= 15 is 0 Å². The molecule has 0 saturated carbocycles. The monoisotopic (exact) mass is 402 g/mol. The molecular formula is C26H26O4. The number of methoxy groups -OCH3 is 1. The third-order valence-corrected chi connectivity index (χ3v) is 5.74. The lowest BCUT2D eigenvalue weighted by Crippen LogP contribution is -2.13. The topological polar surface area (TPSA) is 55.8 Å². The first-order valence-electron chi connectivity index (χ1n) is 10.3. The SMILES string of the molecule is COc1cccc(-c2ccc(COc3ccc4c(c3)CCC[C@H]4CC(=O)O)cc2)c1. The zero-order chi connectivity index (χ0) is 20.9. The fourth-order valence-corrected chi connectivity index (χ4v) is 4.17. The smallest absolute Gasteiger partial charge is 0.303 e. The van der Waals surface area contributed by atoms with Crippen LogP contribution in [0.15, 0.2) is 66.7 Å². The number of rotatable bonds is 7. The molecule has 4 nitrogen and oxygen atoms in total. The van der Waals surface area contributed by atoms with Gasteiger partial charge in [0.2, 0.25) is 0 Å². The molecule has 154 valence electrons. The second kappa shape index (κ2) is 9.04. The molecule has 0 unspecified atom stereocenters. The third kappa shape index (κ3) is 4.65. The van der Waals surface area contributed by atoms with E-state index in [0.29, 0.717) is 6.61 Å². The zero-order valence-electron chi connectivity index (χ0n) is 17.1. The molecule has 0 aliphatic heterocycles. The summed E-state index contributed by atoms with van der Waals surface area (Å²) in [5, 5.41) is 9.14. The van der Waals surface area contributed by atoms with Crippen LogP contribution >= 0.6 is 0 Å². The molecule has 0 bridgehead atoms. The van der Waals surface area contributed by atoms with Crippen LogP contribution in [0.5, 0.6) is 11.5 Å². The third-order valence-electron chi connectivity index (χ3n) is 5.74. The molecule has 4 rings (SSSR count). The predicted octanol–water partition coefficient (Wildman–Crippen LogP) is 5.84. The highest BCUT2D eigenvalue weighted by molar-refractivity contribution is 5.68. The van der Waals surface area contributed by atoms with Gasteiger partial charge in [0, 0.05) is 0 Å². The molecule has 3 aromatic carbocycles. The lowest BCUT2D eigenvalue weighted by Gasteiger charge is -2.24. The van der Waals surface area contributed by atoms with Gasteiger partial charge in [0.1, 0.15) is 18.1 Å². The number of hydrogen-bond donors (Lipinski definition) is 1. The molecule has 1 N–H and O–H groups in total. The molecular weight excluding hydrogens is 376 g/mol. The molecule has 1 aliphatic rings. The van der Waals surface area contributed by atoms with Crippen molar-refractivity contribution in [3.05, 3.63) is 83.4 Å². The van der Waals surface area contributed by atoms with Crippen molar-refractivity contribution in [2.24, 2.45) is 0 Å². The Morgan fingerprint density at radius 1 is 1.00 bits per heavy atom. The number of carboxylic acids is 1. The normalized spacial score (nSPS) is 15.3. The van der Waals surface area contributed by atoms with Crippen molar-refractivity contribution < 1.29 is 19.4 Å². The van der Waals surface area contributed by atoms with Gasteiger partial charge in [-0.25, -0.2) is 0 Å². The Labute approximate surface area is 177 Å². The maximum absolute atomic E-state index is 11.1. The van der Waals surface area contributed by atoms with Gasteiger partial charge in [-0.3, -0.25) is 4.79 Å². The summed E-state index contributed by atoms with van der Waals surface area (Å²) >= 11 is 0. The second-order valence-corrected chi connectivity index (χ2v) is 7.77. The molecule has 0 heterocycles. The second-order valence-electron chi connectivity index (χ2n) is 7.77. The first-order chi connectivity index (χ1) is 14.6. The summed E-state index contributed by atoms with van der Waals surface area (Å²) in [5.74, 6) is 1.06. The fourth-order valence-electron chi connectivity index (χ4n) is 4.17. The van der Waals surface area contributed by atoms with Gasteiger partial charge in [-0.2, -0.15) is 0 Å². The summed E-state index contributed by atoms with van der Waals surface area (Å²) in [6.45, 7) is 0.496. The van der Waals surface area contributed by atoms with Crippen LogP contribution < -0.4 is 9.47 Å². The highest BCUT2D eigenvalue weighted by Crippen LogP contribution is 2.36. The average molecular weight is 402 g/mol. The minimum absolute atomic E-state index is 0.115. The van der Waals surface area contributed by atoms with Crippen LogP contribution in [0.1, 0.15) is 41.9 Å². The summed E-state index contributed by atoms with van der Waals surface area (Å²) < 4.78 is 11.3. The van der Waals surface area contributed by atoms with E-state index in [0.717, 1.165) is 47.5 Å². The van der Waals surface area contributed by atoms with E-state index in [1.807, 2.05) is 30.3 Å². The van der Waals surface area contributed by atoms with E-state index in [9.17, 15) is 4.79 Å². The summed E-state index contributed by atoms with van der Waals surface area (Å²) in [5.41, 5.74) is 5.74. The Kier molecular flexibility index (Phi) is 6.03. The maximum Gasteiger partial charge on any atom is 0.303 e. The summed E-state index contributed by atoms with van der Waals surface area (Å²) in [7, 11) is 1.67. The van der Waals surface area contributed by atoms with Gasteiger partial charge in [0.15, 0.2) is 0 Å². The Hall–Kier alpha value is -3.27. The van der Waals surface area contributed by atoms with Crippen LogP contribution in [-0.4, -0.2) is 18.2 Å². The van der Waals surface area contributed by atoms with Crippen molar-refractivity contribution in [3.8, 4) is 22.6 Å². The Balaban J connectivity index is 1.42. The fraction of sp³-hybridized carbons (Fsp3) is 0.269. The lowest BCUT2D eigenvalue weighted by atomic mass is 9.81. The molecule has 0 amide bonds. The van der Waals surface area contributed by atoms with E-state index in [1.165, 1.54) is 11.1 Å². The van der Waals surface area contributed by atoms with Crippen molar-refractivity contribution in [1.29, 1.82) is 0 Å². The van der Waals surface area contributed by atoms with Gasteiger partial charge >= 0.3 is 5.97 Å². The number of hydrogen-bond acceptors (Lipinski definition) is 3. The van der Waals surface area contributed by atoms with Crippen molar-refractivity contribution in [1.82, 2.24) is 0 Å². The van der Waals surface area contributed by atoms with Crippen molar-refractivity contribution >= 4 is 5.97 Å². The summed E-state index contributed by atoms with van der Waals surface area (Å²) in [4.78, 5) is 11.1. The number of aryl methyl sites for hydroxylation is 1. The standard InChI is InChI=1S/C26H26O4/c1-29-23-7-3-4-20(14-23)19-10-8-18(9-11-19)17-30-24-12-13-25-21(15-24)5-2-6-22(25)16-26(27)28/h3-4,7-15,22H,2,5-6,16-17H2,1H3,(H,27,28)/t22-/m0/s1. The molecule has 3 aromatic rings. The van der Waals surface area contributed by atoms with E-state index in [2.05, 4.69) is 36.4 Å². The van der Waals surface area contributed by atoms with Crippen LogP contribution in [0.25, 0.3) is 11.1 Å². The molecule has 0 aromatic heterocycles. The van der Waals surface area contributed by atoms with Gasteiger partial charge in [0.25, 0.3) is 0 Å². The first kappa shape index (κ1) is 20.0. The zero-order valence-corrected chi connectivity index (χ0v) is 17.1. The number of carboxylic acid groups (broad SMARTS) is 1. The van der Waals surface area contributed by atoms with Gasteiger partial charge in [-0.05, 0) is 77.3 Å². The minimum atomic E-state index is -0.731. The van der Waals surface area contributed by atoms with Gasteiger partial charge in [-0.15, -0.1) is 0 Å². The van der Waals surface area contributed by atoms with Crippen LogP contribution in [0.4, 0.5) is 0 Å². The van der Waals surface area contributed by atoms with Crippen LogP contribution in [0.2, 0.25) is 0 Å². The number of aliphatic carboxylic acids is 1. The predicted molar refractivity (Wildman–Crippen MR) is 117 cm³/mol. The van der Waals surface area contributed by atoms with E-state index in [4.69, 9.17) is 14.6 Å². The molecule has 30 heavy (non-hydrogen) atoms. The number of benzene rings is 3. The van der Waals surface area contributed by atoms with E-state index in [-0.39, 0.29) is 12.3 Å². The number of ether oxygens (including phenoxy) is 2.